The van der Waals surface area contributed by atoms with E-state index in [1.54, 1.807) is 4.90 Å². The molecule has 1 saturated heterocycles. The van der Waals surface area contributed by atoms with Crippen LogP contribution in [0, 0.1) is 18.6 Å². The lowest BCUT2D eigenvalue weighted by Gasteiger charge is -2.39. The zero-order chi connectivity index (χ0) is 26.2. The smallest absolute Gasteiger partial charge is 0.287 e. The predicted octanol–water partition coefficient (Wildman–Crippen LogP) is 4.05. The Balaban J connectivity index is 1.68. The maximum absolute atomic E-state index is 14.9. The average molecular weight is 499 g/mol. The monoisotopic (exact) mass is 498 g/mol. The van der Waals surface area contributed by atoms with Crippen molar-refractivity contribution in [1.29, 1.82) is 0 Å². The Morgan fingerprint density at radius 1 is 1.25 bits per heavy atom. The van der Waals surface area contributed by atoms with Crippen molar-refractivity contribution in [3.63, 3.8) is 0 Å². The Morgan fingerprint density at radius 2 is 1.89 bits per heavy atom. The first-order valence-electron chi connectivity index (χ1n) is 11.9. The molecule has 7 nitrogen and oxygen atoms in total. The second kappa shape index (κ2) is 12.3. The fraction of sp³-hybridized carbons (Fsp3) is 0.370. The third-order valence-electron chi connectivity index (χ3n) is 6.03. The molecule has 1 aliphatic rings. The number of amidine groups is 1. The Kier molecular flexibility index (Phi) is 9.16. The highest BCUT2D eigenvalue weighted by Crippen LogP contribution is 2.32. The molecule has 1 heterocycles. The number of carbonyl (C=O) groups is 2. The summed E-state index contributed by atoms with van der Waals surface area (Å²) in [5.74, 6) is -2.66. The van der Waals surface area contributed by atoms with Gasteiger partial charge in [-0.15, -0.1) is 0 Å². The van der Waals surface area contributed by atoms with Crippen LogP contribution in [0.1, 0.15) is 48.8 Å². The molecule has 3 N–H and O–H groups in total. The minimum absolute atomic E-state index is 0.0209. The van der Waals surface area contributed by atoms with Gasteiger partial charge >= 0.3 is 0 Å². The molecule has 0 aliphatic carbocycles. The van der Waals surface area contributed by atoms with Crippen LogP contribution in [-0.2, 0) is 14.3 Å². The number of nitrogens with two attached hydrogens (primary N) is 1. The first-order valence-corrected chi connectivity index (χ1v) is 11.9. The van der Waals surface area contributed by atoms with Gasteiger partial charge in [-0.25, -0.2) is 13.8 Å². The van der Waals surface area contributed by atoms with Gasteiger partial charge in [0.15, 0.2) is 0 Å². The second-order valence-corrected chi connectivity index (χ2v) is 8.70. The van der Waals surface area contributed by atoms with Gasteiger partial charge in [0.25, 0.3) is 6.02 Å². The molecule has 2 aromatic rings. The molecule has 1 amide bonds. The van der Waals surface area contributed by atoms with E-state index in [1.165, 1.54) is 19.2 Å². The number of aldehydes is 1. The van der Waals surface area contributed by atoms with Gasteiger partial charge in [0.1, 0.15) is 23.7 Å². The van der Waals surface area contributed by atoms with Crippen LogP contribution in [0.5, 0.6) is 0 Å². The predicted molar refractivity (Wildman–Crippen MR) is 137 cm³/mol. The number of hydrogen-bond donors (Lipinski definition) is 2. The van der Waals surface area contributed by atoms with Gasteiger partial charge in [-0.3, -0.25) is 4.79 Å². The molecule has 0 spiro atoms. The number of rotatable bonds is 10. The van der Waals surface area contributed by atoms with Gasteiger partial charge in [0.05, 0.1) is 12.0 Å². The fourth-order valence-electron chi connectivity index (χ4n) is 4.09. The number of allylic oxidation sites excluding steroid dienone is 1. The van der Waals surface area contributed by atoms with E-state index in [0.717, 1.165) is 17.5 Å². The van der Waals surface area contributed by atoms with Crippen LogP contribution in [0.4, 0.5) is 14.5 Å². The van der Waals surface area contributed by atoms with Crippen LogP contribution >= 0.6 is 0 Å². The third kappa shape index (κ3) is 6.47. The molecule has 192 valence electrons. The van der Waals surface area contributed by atoms with E-state index in [1.807, 2.05) is 44.2 Å². The Morgan fingerprint density at radius 3 is 2.44 bits per heavy atom. The highest BCUT2D eigenvalue weighted by Gasteiger charge is 2.31. The van der Waals surface area contributed by atoms with Gasteiger partial charge in [0.2, 0.25) is 5.91 Å². The molecule has 0 radical (unpaired) electrons. The van der Waals surface area contributed by atoms with E-state index in [2.05, 4.69) is 10.3 Å². The number of nitrogens with one attached hydrogen (secondary N) is 1. The third-order valence-corrected chi connectivity index (χ3v) is 6.03. The number of amides is 1. The van der Waals surface area contributed by atoms with E-state index in [-0.39, 0.29) is 30.5 Å². The molecule has 1 atom stereocenters. The molecule has 2 aromatic carbocycles. The maximum atomic E-state index is 14.9. The van der Waals surface area contributed by atoms with Crippen molar-refractivity contribution in [2.45, 2.75) is 45.1 Å². The number of carbonyl (C=O) groups excluding carboxylic acids is 2. The van der Waals surface area contributed by atoms with Crippen LogP contribution in [0.15, 0.2) is 47.5 Å². The molecular formula is C27H32F2N4O3. The van der Waals surface area contributed by atoms with Crippen LogP contribution in [-0.4, -0.2) is 44.4 Å². The SMILES string of the molecule is CC/C=C(/OC(N)=NC1CN(c2cc(F)c(C(CCC=O)C(=O)NC)c(F)c2)C1)c1ccc(C)cc1. The van der Waals surface area contributed by atoms with E-state index in [4.69, 9.17) is 10.5 Å². The number of hydrogen-bond acceptors (Lipinski definition) is 5. The van der Waals surface area contributed by atoms with E-state index in [9.17, 15) is 18.4 Å². The van der Waals surface area contributed by atoms with Crippen molar-refractivity contribution in [3.05, 3.63) is 70.8 Å². The highest BCUT2D eigenvalue weighted by atomic mass is 19.1. The summed E-state index contributed by atoms with van der Waals surface area (Å²) < 4.78 is 35.6. The number of benzene rings is 2. The Labute approximate surface area is 210 Å². The van der Waals surface area contributed by atoms with Crippen LogP contribution in [0.2, 0.25) is 0 Å². The number of aryl methyl sites for hydroxylation is 1. The van der Waals surface area contributed by atoms with Crippen LogP contribution in [0.25, 0.3) is 5.76 Å². The van der Waals surface area contributed by atoms with Crippen molar-refractivity contribution in [2.24, 2.45) is 10.7 Å². The number of nitrogens with zero attached hydrogens (tertiary/aromatic N) is 2. The molecule has 0 aromatic heterocycles. The molecule has 36 heavy (non-hydrogen) atoms. The van der Waals surface area contributed by atoms with Crippen molar-refractivity contribution in [2.75, 3.05) is 25.0 Å². The van der Waals surface area contributed by atoms with Crippen molar-refractivity contribution < 1.29 is 23.1 Å². The van der Waals surface area contributed by atoms with E-state index in [0.29, 0.717) is 30.8 Å². The fourth-order valence-corrected chi connectivity index (χ4v) is 4.09. The van der Waals surface area contributed by atoms with Crippen molar-refractivity contribution in [1.82, 2.24) is 5.32 Å². The minimum Gasteiger partial charge on any atom is -0.426 e. The molecular weight excluding hydrogens is 466 g/mol. The van der Waals surface area contributed by atoms with Crippen LogP contribution < -0.4 is 16.0 Å². The summed E-state index contributed by atoms with van der Waals surface area (Å²) in [6.45, 7) is 4.82. The summed E-state index contributed by atoms with van der Waals surface area (Å²) in [5.41, 5.74) is 8.07. The maximum Gasteiger partial charge on any atom is 0.287 e. The molecule has 9 heteroatoms. The first kappa shape index (κ1) is 26.8. The number of halogens is 2. The summed E-state index contributed by atoms with van der Waals surface area (Å²) in [5, 5.41) is 2.40. The average Bonchev–Trinajstić information content (AvgIpc) is 2.82. The van der Waals surface area contributed by atoms with Gasteiger partial charge in [0, 0.05) is 43.4 Å². The van der Waals surface area contributed by atoms with Crippen LogP contribution in [0.3, 0.4) is 0 Å². The van der Waals surface area contributed by atoms with Gasteiger partial charge in [-0.2, -0.15) is 0 Å². The lowest BCUT2D eigenvalue weighted by atomic mass is 9.92. The Hall–Kier alpha value is -3.75. The van der Waals surface area contributed by atoms with Crippen molar-refractivity contribution in [3.8, 4) is 0 Å². The molecule has 0 bridgehead atoms. The first-order chi connectivity index (χ1) is 17.3. The van der Waals surface area contributed by atoms with Gasteiger partial charge in [-0.1, -0.05) is 36.8 Å². The lowest BCUT2D eigenvalue weighted by Crippen LogP contribution is -2.51. The number of anilines is 1. The minimum atomic E-state index is -1.08. The second-order valence-electron chi connectivity index (χ2n) is 8.70. The highest BCUT2D eigenvalue weighted by molar-refractivity contribution is 5.84. The molecule has 3 rings (SSSR count). The normalized spacial score (nSPS) is 15.3. The largest absolute Gasteiger partial charge is 0.426 e. The summed E-state index contributed by atoms with van der Waals surface area (Å²) in [6, 6.07) is 10.1. The summed E-state index contributed by atoms with van der Waals surface area (Å²) in [6.07, 6.45) is 3.35. The summed E-state index contributed by atoms with van der Waals surface area (Å²) >= 11 is 0. The van der Waals surface area contributed by atoms with Crippen molar-refractivity contribution >= 4 is 29.7 Å². The molecule has 1 unspecified atom stereocenters. The molecule has 1 fully saturated rings. The van der Waals surface area contributed by atoms with E-state index < -0.39 is 23.5 Å². The zero-order valence-corrected chi connectivity index (χ0v) is 20.8. The number of aliphatic imine (C=N–C) groups is 1. The Bertz CT molecular complexity index is 1120. The summed E-state index contributed by atoms with van der Waals surface area (Å²) in [4.78, 5) is 29.1. The number of likely N-dealkylation sites (N-methyl/N-ethyl adjacent to an activating group) is 1. The molecule has 1 aliphatic heterocycles. The topological polar surface area (TPSA) is 97.0 Å². The molecule has 0 saturated carbocycles. The standard InChI is InChI=1S/C27H32F2N4O3/c1-4-6-24(18-10-8-17(2)9-11-18)36-27(30)32-19-15-33(16-19)20-13-22(28)25(23(29)14-20)21(7-5-12-34)26(35)31-3/h6,8-14,19,21H,4-5,7,15-16H2,1-3H3,(H2,30,32)(H,31,35)/b24-6+. The van der Waals surface area contributed by atoms with E-state index >= 15 is 0 Å². The van der Waals surface area contributed by atoms with Gasteiger partial charge < -0.3 is 25.5 Å². The number of ether oxygens (including phenoxy) is 1. The quantitative estimate of drug-likeness (QED) is 0.223. The zero-order valence-electron chi connectivity index (χ0n) is 20.8. The summed E-state index contributed by atoms with van der Waals surface area (Å²) in [7, 11) is 1.39. The van der Waals surface area contributed by atoms with Gasteiger partial charge in [-0.05, 0) is 38.0 Å². The lowest BCUT2D eigenvalue weighted by molar-refractivity contribution is -0.122.